The lowest BCUT2D eigenvalue weighted by Crippen LogP contribution is -2.41. The summed E-state index contributed by atoms with van der Waals surface area (Å²) < 4.78 is 39.8. The minimum absolute atomic E-state index is 0.0305. The SMILES string of the molecule is CNC(=O)c1c(C)oc2cc(Oc3ccnn4cc(C(=O)N5CC[C@](O)(C(F)F)C5)c(C)c34)ccc12. The van der Waals surface area contributed by atoms with Crippen molar-refractivity contribution in [2.45, 2.75) is 32.3 Å². The van der Waals surface area contributed by atoms with Gasteiger partial charge in [-0.1, -0.05) is 0 Å². The van der Waals surface area contributed by atoms with Crippen LogP contribution in [0.25, 0.3) is 16.5 Å². The molecule has 1 atom stereocenters. The number of likely N-dealkylation sites (tertiary alicyclic amines) is 1. The number of nitrogens with zero attached hydrogens (tertiary/aromatic N) is 3. The molecule has 1 aromatic carbocycles. The predicted octanol–water partition coefficient (Wildman–Crippen LogP) is 3.69. The average molecular weight is 498 g/mol. The normalized spacial score (nSPS) is 17.9. The number of hydrogen-bond acceptors (Lipinski definition) is 6. The molecule has 188 valence electrons. The summed E-state index contributed by atoms with van der Waals surface area (Å²) in [6, 6.07) is 6.77. The highest BCUT2D eigenvalue weighted by Gasteiger charge is 2.46. The lowest BCUT2D eigenvalue weighted by atomic mass is 10.1. The fraction of sp³-hybridized carbons (Fsp3) is 0.320. The van der Waals surface area contributed by atoms with Crippen molar-refractivity contribution in [3.05, 3.63) is 59.1 Å². The Morgan fingerprint density at radius 2 is 2.06 bits per heavy atom. The third-order valence-corrected chi connectivity index (χ3v) is 6.61. The molecular formula is C25H24F2N4O5. The van der Waals surface area contributed by atoms with E-state index >= 15 is 0 Å². The number of amides is 2. The van der Waals surface area contributed by atoms with E-state index in [0.717, 1.165) is 0 Å². The van der Waals surface area contributed by atoms with Crippen molar-refractivity contribution >= 4 is 28.3 Å². The van der Waals surface area contributed by atoms with Crippen LogP contribution in [-0.4, -0.2) is 63.6 Å². The zero-order valence-corrected chi connectivity index (χ0v) is 19.8. The second-order valence-corrected chi connectivity index (χ2v) is 8.91. The molecule has 36 heavy (non-hydrogen) atoms. The van der Waals surface area contributed by atoms with Crippen molar-refractivity contribution in [2.24, 2.45) is 0 Å². The molecule has 1 fully saturated rings. The van der Waals surface area contributed by atoms with Gasteiger partial charge in [-0.2, -0.15) is 5.10 Å². The topological polar surface area (TPSA) is 109 Å². The number of halogens is 2. The number of aliphatic hydroxyl groups is 1. The van der Waals surface area contributed by atoms with Crippen molar-refractivity contribution in [1.29, 1.82) is 0 Å². The monoisotopic (exact) mass is 498 g/mol. The Morgan fingerprint density at radius 1 is 1.28 bits per heavy atom. The Balaban J connectivity index is 1.47. The highest BCUT2D eigenvalue weighted by molar-refractivity contribution is 6.07. The molecule has 1 aliphatic heterocycles. The summed E-state index contributed by atoms with van der Waals surface area (Å²) in [5.41, 5.74) is 0.118. The third kappa shape index (κ3) is 3.76. The lowest BCUT2D eigenvalue weighted by Gasteiger charge is -2.22. The van der Waals surface area contributed by atoms with E-state index in [1.54, 1.807) is 45.2 Å². The van der Waals surface area contributed by atoms with Gasteiger partial charge in [0.1, 0.15) is 28.2 Å². The molecule has 3 aromatic heterocycles. The molecule has 0 unspecified atom stereocenters. The van der Waals surface area contributed by atoms with Crippen LogP contribution in [0.5, 0.6) is 11.5 Å². The molecule has 2 N–H and O–H groups in total. The molecule has 11 heteroatoms. The zero-order chi connectivity index (χ0) is 25.8. The average Bonchev–Trinajstić information content (AvgIpc) is 3.51. The van der Waals surface area contributed by atoms with Crippen molar-refractivity contribution in [2.75, 3.05) is 20.1 Å². The summed E-state index contributed by atoms with van der Waals surface area (Å²) in [5, 5.41) is 17.6. The van der Waals surface area contributed by atoms with E-state index < -0.39 is 24.5 Å². The number of carbonyl (C=O) groups excluding carboxylic acids is 2. The smallest absolute Gasteiger partial charge is 0.268 e. The molecule has 1 saturated heterocycles. The number of hydrogen-bond donors (Lipinski definition) is 2. The van der Waals surface area contributed by atoms with E-state index in [0.29, 0.717) is 44.9 Å². The van der Waals surface area contributed by atoms with Gasteiger partial charge in [0, 0.05) is 43.7 Å². The summed E-state index contributed by atoms with van der Waals surface area (Å²) in [5.74, 6) is 0.638. The summed E-state index contributed by atoms with van der Waals surface area (Å²) in [4.78, 5) is 26.5. The predicted molar refractivity (Wildman–Crippen MR) is 126 cm³/mol. The first-order chi connectivity index (χ1) is 17.1. The molecule has 5 rings (SSSR count). The van der Waals surface area contributed by atoms with E-state index in [1.807, 2.05) is 0 Å². The standard InChI is InChI=1S/C25H24F2N4O5/c1-13-17(23(33)30-9-7-25(34,12-30)24(26)27)11-31-21(13)18(6-8-29-31)36-15-4-5-16-19(10-15)35-14(2)20(16)22(32)28-3/h4-6,8,10-11,24,34H,7,9,12H2,1-3H3,(H,28,32)/t25-/m1/s1. The van der Waals surface area contributed by atoms with E-state index in [4.69, 9.17) is 9.15 Å². The molecule has 0 aliphatic carbocycles. The number of alkyl halides is 2. The number of rotatable bonds is 5. The minimum atomic E-state index is -2.94. The Hall–Kier alpha value is -3.99. The van der Waals surface area contributed by atoms with E-state index in [2.05, 4.69) is 10.4 Å². The summed E-state index contributed by atoms with van der Waals surface area (Å²) >= 11 is 0. The lowest BCUT2D eigenvalue weighted by molar-refractivity contribution is -0.0855. The Morgan fingerprint density at radius 3 is 2.75 bits per heavy atom. The van der Waals surface area contributed by atoms with Crippen LogP contribution in [-0.2, 0) is 0 Å². The zero-order valence-electron chi connectivity index (χ0n) is 19.8. The largest absolute Gasteiger partial charge is 0.460 e. The van der Waals surface area contributed by atoms with Crippen LogP contribution >= 0.6 is 0 Å². The van der Waals surface area contributed by atoms with Crippen LogP contribution in [0.4, 0.5) is 8.78 Å². The molecular weight excluding hydrogens is 474 g/mol. The molecule has 2 amide bonds. The molecule has 0 bridgehead atoms. The molecule has 1 aliphatic rings. The van der Waals surface area contributed by atoms with Crippen LogP contribution in [0.2, 0.25) is 0 Å². The molecule has 4 heterocycles. The molecule has 0 saturated carbocycles. The second kappa shape index (κ2) is 8.59. The Bertz CT molecular complexity index is 1510. The number of aromatic nitrogens is 2. The maximum absolute atomic E-state index is 13.2. The maximum atomic E-state index is 13.2. The highest BCUT2D eigenvalue weighted by Crippen LogP contribution is 2.35. The summed E-state index contributed by atoms with van der Waals surface area (Å²) in [7, 11) is 1.55. The van der Waals surface area contributed by atoms with Gasteiger partial charge >= 0.3 is 0 Å². The van der Waals surface area contributed by atoms with Crippen LogP contribution in [0.15, 0.2) is 41.1 Å². The van der Waals surface area contributed by atoms with E-state index in [-0.39, 0.29) is 24.4 Å². The van der Waals surface area contributed by atoms with Gasteiger partial charge in [0.15, 0.2) is 5.75 Å². The van der Waals surface area contributed by atoms with Crippen LogP contribution in [0.3, 0.4) is 0 Å². The third-order valence-electron chi connectivity index (χ3n) is 6.61. The first-order valence-corrected chi connectivity index (χ1v) is 11.3. The van der Waals surface area contributed by atoms with Crippen LogP contribution in [0.1, 0.15) is 38.5 Å². The fourth-order valence-electron chi connectivity index (χ4n) is 4.66. The van der Waals surface area contributed by atoms with Gasteiger partial charge in [-0.15, -0.1) is 0 Å². The first-order valence-electron chi connectivity index (χ1n) is 11.3. The number of nitrogens with one attached hydrogen (secondary N) is 1. The second-order valence-electron chi connectivity index (χ2n) is 8.91. The number of fused-ring (bicyclic) bond motifs is 2. The number of β-amino-alcohol motifs (C(OH)–C–C–N with tert-alkyl or cyclic N) is 1. The van der Waals surface area contributed by atoms with Gasteiger partial charge in [-0.05, 0) is 31.5 Å². The molecule has 4 aromatic rings. The highest BCUT2D eigenvalue weighted by atomic mass is 19.3. The first kappa shape index (κ1) is 23.7. The fourth-order valence-corrected chi connectivity index (χ4v) is 4.66. The van der Waals surface area contributed by atoms with Crippen molar-refractivity contribution in [3.63, 3.8) is 0 Å². The van der Waals surface area contributed by atoms with E-state index in [1.165, 1.54) is 21.8 Å². The van der Waals surface area contributed by atoms with Gasteiger partial charge in [0.05, 0.1) is 23.9 Å². The van der Waals surface area contributed by atoms with Gasteiger partial charge in [0.25, 0.3) is 18.2 Å². The quantitative estimate of drug-likeness (QED) is 0.435. The van der Waals surface area contributed by atoms with Gasteiger partial charge < -0.3 is 24.5 Å². The number of aryl methyl sites for hydroxylation is 2. The minimum Gasteiger partial charge on any atom is -0.460 e. The Labute approximate surface area is 204 Å². The van der Waals surface area contributed by atoms with Crippen LogP contribution in [0, 0.1) is 13.8 Å². The molecule has 0 spiro atoms. The van der Waals surface area contributed by atoms with Crippen LogP contribution < -0.4 is 10.1 Å². The number of ether oxygens (including phenoxy) is 1. The maximum Gasteiger partial charge on any atom is 0.268 e. The Kier molecular flexibility index (Phi) is 5.67. The van der Waals surface area contributed by atoms with Crippen molar-refractivity contribution in [3.8, 4) is 11.5 Å². The number of furan rings is 1. The summed E-state index contributed by atoms with van der Waals surface area (Å²) in [6.07, 6.45) is -0.0882. The number of carbonyl (C=O) groups is 2. The van der Waals surface area contributed by atoms with Gasteiger partial charge in [-0.3, -0.25) is 9.59 Å². The molecule has 9 nitrogen and oxygen atoms in total. The molecule has 0 radical (unpaired) electrons. The van der Waals surface area contributed by atoms with Gasteiger partial charge in [0.2, 0.25) is 0 Å². The van der Waals surface area contributed by atoms with Crippen molar-refractivity contribution < 1.29 is 32.6 Å². The van der Waals surface area contributed by atoms with E-state index in [9.17, 15) is 23.5 Å². The summed E-state index contributed by atoms with van der Waals surface area (Å²) in [6.45, 7) is 3.03. The van der Waals surface area contributed by atoms with Crippen molar-refractivity contribution in [1.82, 2.24) is 19.8 Å². The number of benzene rings is 1. The van der Waals surface area contributed by atoms with Gasteiger partial charge in [-0.25, -0.2) is 13.3 Å².